The van der Waals surface area contributed by atoms with E-state index in [9.17, 15) is 26.7 Å². The van der Waals surface area contributed by atoms with Gasteiger partial charge in [0.1, 0.15) is 0 Å². The standard InChI is InChI=1S/C20H24F5N3O6/c1-13-12-28(27-26-13)3-5-31-7-9-33-11-10-32-8-6-30-4-2-14(29)34-20-18(24)16(22)15(21)17(23)19(20)25/h12H,2-11H2,1H3. The Labute approximate surface area is 191 Å². The summed E-state index contributed by atoms with van der Waals surface area (Å²) < 4.78 is 93.0. The van der Waals surface area contributed by atoms with Crippen molar-refractivity contribution < 1.29 is 50.4 Å². The summed E-state index contributed by atoms with van der Waals surface area (Å²) >= 11 is 0. The lowest BCUT2D eigenvalue weighted by molar-refractivity contribution is -0.136. The van der Waals surface area contributed by atoms with Gasteiger partial charge in [0.2, 0.25) is 34.8 Å². The molecule has 0 aliphatic rings. The van der Waals surface area contributed by atoms with E-state index >= 15 is 0 Å². The molecule has 0 unspecified atom stereocenters. The first-order valence-corrected chi connectivity index (χ1v) is 10.2. The van der Waals surface area contributed by atoms with Gasteiger partial charge in [-0.25, -0.2) is 17.9 Å². The van der Waals surface area contributed by atoms with Gasteiger partial charge in [0.15, 0.2) is 0 Å². The highest BCUT2D eigenvalue weighted by atomic mass is 19.2. The van der Waals surface area contributed by atoms with Crippen LogP contribution in [0.2, 0.25) is 0 Å². The van der Waals surface area contributed by atoms with Crippen LogP contribution in [0.4, 0.5) is 22.0 Å². The van der Waals surface area contributed by atoms with Gasteiger partial charge in [0, 0.05) is 6.20 Å². The summed E-state index contributed by atoms with van der Waals surface area (Å²) in [7, 11) is 0. The number of carbonyl (C=O) groups is 1. The number of esters is 1. The molecule has 1 aromatic heterocycles. The average Bonchev–Trinajstić information content (AvgIpc) is 3.24. The van der Waals surface area contributed by atoms with Crippen molar-refractivity contribution in [2.24, 2.45) is 0 Å². The van der Waals surface area contributed by atoms with Crippen LogP contribution < -0.4 is 4.74 Å². The molecule has 0 bridgehead atoms. The quantitative estimate of drug-likeness (QED) is 0.0872. The molecule has 2 aromatic rings. The molecule has 0 fully saturated rings. The number of ether oxygens (including phenoxy) is 5. The lowest BCUT2D eigenvalue weighted by Gasteiger charge is -2.09. The Balaban J connectivity index is 1.43. The lowest BCUT2D eigenvalue weighted by Crippen LogP contribution is -2.16. The van der Waals surface area contributed by atoms with Gasteiger partial charge < -0.3 is 23.7 Å². The smallest absolute Gasteiger partial charge is 0.313 e. The van der Waals surface area contributed by atoms with Crippen LogP contribution in [0.15, 0.2) is 6.20 Å². The SMILES string of the molecule is Cc1cn(CCOCCOCCOCCOCCC(=O)Oc2c(F)c(F)c(F)c(F)c2F)nn1. The highest BCUT2D eigenvalue weighted by Gasteiger charge is 2.28. The summed E-state index contributed by atoms with van der Waals surface area (Å²) in [6.45, 7) is 4.43. The van der Waals surface area contributed by atoms with E-state index in [0.717, 1.165) is 5.69 Å². The van der Waals surface area contributed by atoms with Crippen molar-refractivity contribution in [1.29, 1.82) is 0 Å². The van der Waals surface area contributed by atoms with Gasteiger partial charge in [-0.15, -0.1) is 5.10 Å². The Morgan fingerprint density at radius 1 is 0.765 bits per heavy atom. The molecule has 2 rings (SSSR count). The van der Waals surface area contributed by atoms with Gasteiger partial charge in [-0.2, -0.15) is 8.78 Å². The minimum absolute atomic E-state index is 0.0979. The molecule has 0 amide bonds. The van der Waals surface area contributed by atoms with Crippen LogP contribution in [0.25, 0.3) is 0 Å². The van der Waals surface area contributed by atoms with Crippen LogP contribution in [-0.4, -0.2) is 73.8 Å². The maximum atomic E-state index is 13.5. The Morgan fingerprint density at radius 3 is 1.74 bits per heavy atom. The minimum atomic E-state index is -2.34. The summed E-state index contributed by atoms with van der Waals surface area (Å²) in [6.07, 6.45) is 1.34. The maximum Gasteiger partial charge on any atom is 0.313 e. The van der Waals surface area contributed by atoms with Crippen molar-refractivity contribution in [2.45, 2.75) is 19.9 Å². The number of hydrogen-bond acceptors (Lipinski definition) is 8. The average molecular weight is 497 g/mol. The predicted molar refractivity (Wildman–Crippen MR) is 105 cm³/mol. The second-order valence-corrected chi connectivity index (χ2v) is 6.70. The zero-order valence-electron chi connectivity index (χ0n) is 18.3. The molecule has 0 spiro atoms. The second kappa shape index (κ2) is 14.6. The summed E-state index contributed by atoms with van der Waals surface area (Å²) in [4.78, 5) is 11.6. The molecule has 0 N–H and O–H groups in total. The normalized spacial score (nSPS) is 11.2. The summed E-state index contributed by atoms with van der Waals surface area (Å²) in [5.41, 5.74) is 0.835. The Hall–Kier alpha value is -2.68. The van der Waals surface area contributed by atoms with E-state index < -0.39 is 47.2 Å². The largest absolute Gasteiger partial charge is 0.420 e. The fourth-order valence-corrected chi connectivity index (χ4v) is 2.42. The molecule has 14 heteroatoms. The van der Waals surface area contributed by atoms with Crippen LogP contribution in [0.3, 0.4) is 0 Å². The molecule has 1 aromatic carbocycles. The monoisotopic (exact) mass is 497 g/mol. The van der Waals surface area contributed by atoms with E-state index in [-0.39, 0.29) is 19.8 Å². The van der Waals surface area contributed by atoms with Crippen molar-refractivity contribution in [3.63, 3.8) is 0 Å². The van der Waals surface area contributed by atoms with E-state index in [0.29, 0.717) is 39.6 Å². The molecule has 190 valence electrons. The van der Waals surface area contributed by atoms with E-state index in [2.05, 4.69) is 15.0 Å². The van der Waals surface area contributed by atoms with Crippen molar-refractivity contribution in [3.8, 4) is 5.75 Å². The number of carbonyl (C=O) groups excluding carboxylic acids is 1. The number of aromatic nitrogens is 3. The molecule has 34 heavy (non-hydrogen) atoms. The number of halogens is 5. The second-order valence-electron chi connectivity index (χ2n) is 6.70. The number of nitrogens with zero attached hydrogens (tertiary/aromatic N) is 3. The predicted octanol–water partition coefficient (Wildman–Crippen LogP) is 2.34. The third kappa shape index (κ3) is 8.93. The van der Waals surface area contributed by atoms with E-state index in [1.807, 2.05) is 13.1 Å². The maximum absolute atomic E-state index is 13.5. The van der Waals surface area contributed by atoms with Gasteiger partial charge in [0.05, 0.1) is 71.5 Å². The van der Waals surface area contributed by atoms with Gasteiger partial charge >= 0.3 is 5.97 Å². The molecule has 0 saturated heterocycles. The van der Waals surface area contributed by atoms with Crippen molar-refractivity contribution in [3.05, 3.63) is 41.0 Å². The number of benzene rings is 1. The molecular weight excluding hydrogens is 473 g/mol. The number of rotatable bonds is 16. The molecule has 1 heterocycles. The van der Waals surface area contributed by atoms with Crippen molar-refractivity contribution >= 4 is 5.97 Å². The fourth-order valence-electron chi connectivity index (χ4n) is 2.42. The van der Waals surface area contributed by atoms with Crippen LogP contribution in [0, 0.1) is 36.0 Å². The van der Waals surface area contributed by atoms with Crippen LogP contribution in [0.5, 0.6) is 5.75 Å². The lowest BCUT2D eigenvalue weighted by atomic mass is 10.2. The molecule has 0 saturated carbocycles. The Bertz CT molecular complexity index is 901. The van der Waals surface area contributed by atoms with E-state index in [1.54, 1.807) is 4.68 Å². The van der Waals surface area contributed by atoms with Gasteiger partial charge in [-0.05, 0) is 6.92 Å². The first-order valence-electron chi connectivity index (χ1n) is 10.2. The van der Waals surface area contributed by atoms with Crippen molar-refractivity contribution in [2.75, 3.05) is 52.9 Å². The van der Waals surface area contributed by atoms with Crippen LogP contribution >= 0.6 is 0 Å². The van der Waals surface area contributed by atoms with Gasteiger partial charge in [-0.3, -0.25) is 4.79 Å². The first-order chi connectivity index (χ1) is 16.3. The van der Waals surface area contributed by atoms with Crippen LogP contribution in [0.1, 0.15) is 12.1 Å². The van der Waals surface area contributed by atoms with Gasteiger partial charge in [-0.1, -0.05) is 5.21 Å². The molecule has 0 aliphatic heterocycles. The minimum Gasteiger partial charge on any atom is -0.420 e. The molecule has 0 atom stereocenters. The van der Waals surface area contributed by atoms with Gasteiger partial charge in [0.25, 0.3) is 0 Å². The number of hydrogen-bond donors (Lipinski definition) is 0. The fraction of sp³-hybridized carbons (Fsp3) is 0.550. The Morgan fingerprint density at radius 2 is 1.24 bits per heavy atom. The topological polar surface area (TPSA) is 93.9 Å². The third-order valence-corrected chi connectivity index (χ3v) is 4.07. The Kier molecular flexibility index (Phi) is 11.8. The van der Waals surface area contributed by atoms with Crippen LogP contribution in [-0.2, 0) is 30.3 Å². The summed E-state index contributed by atoms with van der Waals surface area (Å²) in [6, 6.07) is 0. The first kappa shape index (κ1) is 27.6. The summed E-state index contributed by atoms with van der Waals surface area (Å²) in [5.74, 6) is -14.1. The molecule has 9 nitrogen and oxygen atoms in total. The summed E-state index contributed by atoms with van der Waals surface area (Å²) in [5, 5.41) is 7.76. The molecule has 0 radical (unpaired) electrons. The number of aryl methyl sites for hydroxylation is 1. The molecular formula is C20H24F5N3O6. The van der Waals surface area contributed by atoms with E-state index in [1.165, 1.54) is 0 Å². The third-order valence-electron chi connectivity index (χ3n) is 4.07. The highest BCUT2D eigenvalue weighted by Crippen LogP contribution is 2.29. The zero-order valence-corrected chi connectivity index (χ0v) is 18.3. The zero-order chi connectivity index (χ0) is 24.9. The molecule has 0 aliphatic carbocycles. The van der Waals surface area contributed by atoms with Crippen molar-refractivity contribution in [1.82, 2.24) is 15.0 Å². The van der Waals surface area contributed by atoms with E-state index in [4.69, 9.17) is 18.9 Å². The highest BCUT2D eigenvalue weighted by molar-refractivity contribution is 5.72.